The van der Waals surface area contributed by atoms with Gasteiger partial charge in [-0.15, -0.1) is 0 Å². The van der Waals surface area contributed by atoms with Gasteiger partial charge >= 0.3 is 0 Å². The topological polar surface area (TPSA) is 38.7 Å². The second kappa shape index (κ2) is 9.17. The van der Waals surface area contributed by atoms with Crippen LogP contribution in [-0.2, 0) is 5.41 Å². The van der Waals surface area contributed by atoms with Crippen LogP contribution in [0.2, 0.25) is 0 Å². The van der Waals surface area contributed by atoms with E-state index in [-0.39, 0.29) is 23.5 Å². The van der Waals surface area contributed by atoms with E-state index in [1.807, 2.05) is 36.4 Å². The highest BCUT2D eigenvalue weighted by atomic mass is 15.0. The van der Waals surface area contributed by atoms with Crippen LogP contribution >= 0.6 is 0 Å². The van der Waals surface area contributed by atoms with E-state index in [1.165, 1.54) is 33.4 Å². The third-order valence-electron chi connectivity index (χ3n) is 8.65. The Morgan fingerprint density at radius 2 is 0.860 bits per heavy atom. The predicted molar refractivity (Wildman–Crippen MR) is 172 cm³/mol. The van der Waals surface area contributed by atoms with Gasteiger partial charge in [-0.25, -0.2) is 15.0 Å². The fraction of sp³-hybridized carbons (Fsp3) is 0.0250. The minimum absolute atomic E-state index is 0.0202. The van der Waals surface area contributed by atoms with Crippen molar-refractivity contribution < 1.29 is 6.85 Å². The zero-order valence-electron chi connectivity index (χ0n) is 27.9. The maximum absolute atomic E-state index is 8.64. The Balaban J connectivity index is 1.31. The average Bonchev–Trinajstić information content (AvgIpc) is 3.60. The van der Waals surface area contributed by atoms with Crippen molar-refractivity contribution >= 4 is 0 Å². The van der Waals surface area contributed by atoms with Crippen molar-refractivity contribution in [2.45, 2.75) is 5.41 Å². The maximum atomic E-state index is 8.64. The first-order valence-electron chi connectivity index (χ1n) is 16.7. The van der Waals surface area contributed by atoms with Crippen LogP contribution in [0.3, 0.4) is 0 Å². The van der Waals surface area contributed by atoms with E-state index in [4.69, 9.17) is 16.8 Å². The predicted octanol–water partition coefficient (Wildman–Crippen LogP) is 9.22. The zero-order chi connectivity index (χ0) is 32.7. The fourth-order valence-electron chi connectivity index (χ4n) is 6.93. The summed E-state index contributed by atoms with van der Waals surface area (Å²) >= 11 is 0. The monoisotopic (exact) mass is 552 g/mol. The molecule has 0 amide bonds. The smallest absolute Gasteiger partial charge is 0.164 e. The van der Waals surface area contributed by atoms with Gasteiger partial charge in [-0.2, -0.15) is 0 Å². The lowest BCUT2D eigenvalue weighted by Crippen LogP contribution is -2.25. The molecule has 2 aliphatic carbocycles. The Morgan fingerprint density at radius 1 is 0.395 bits per heavy atom. The molecule has 1 aromatic heterocycles. The van der Waals surface area contributed by atoms with E-state index < -0.39 is 23.5 Å². The van der Waals surface area contributed by atoms with E-state index in [1.54, 1.807) is 0 Å². The lowest BCUT2D eigenvalue weighted by molar-refractivity contribution is 0.794. The van der Waals surface area contributed by atoms with Gasteiger partial charge in [-0.05, 0) is 50.6 Å². The molecule has 0 unspecified atom stereocenters. The Labute approximate surface area is 257 Å². The molecule has 6 aromatic carbocycles. The molecule has 200 valence electrons. The van der Waals surface area contributed by atoms with Crippen LogP contribution in [0.5, 0.6) is 0 Å². The highest BCUT2D eigenvalue weighted by Gasteiger charge is 2.51. The molecule has 0 N–H and O–H groups in total. The van der Waals surface area contributed by atoms with Crippen LogP contribution in [-0.4, -0.2) is 15.0 Å². The first-order chi connectivity index (χ1) is 23.4. The van der Waals surface area contributed by atoms with Gasteiger partial charge in [0.05, 0.1) is 12.3 Å². The molecule has 0 radical (unpaired) electrons. The summed E-state index contributed by atoms with van der Waals surface area (Å²) in [4.78, 5) is 14.3. The van der Waals surface area contributed by atoms with Crippen LogP contribution in [0.1, 0.15) is 29.1 Å². The molecule has 0 bridgehead atoms. The van der Waals surface area contributed by atoms with Crippen molar-refractivity contribution in [1.29, 1.82) is 0 Å². The number of aromatic nitrogens is 3. The highest BCUT2D eigenvalue weighted by Crippen LogP contribution is 2.62. The molecule has 0 fully saturated rings. The SMILES string of the molecule is [2H]c1c([2H])c([2H])c(-c2nc(-c3ccccc3)nc(-c3ccc4c(c3)-c3ccccc3C43c4ccccc4-c4ccccc43)n2)c([2H])c1[2H]. The molecule has 43 heavy (non-hydrogen) atoms. The maximum Gasteiger partial charge on any atom is 0.164 e. The molecule has 3 heteroatoms. The molecular weight excluding hydrogens is 522 g/mol. The van der Waals surface area contributed by atoms with Gasteiger partial charge < -0.3 is 0 Å². The van der Waals surface area contributed by atoms with E-state index in [0.717, 1.165) is 22.3 Å². The number of rotatable bonds is 3. The third-order valence-corrected chi connectivity index (χ3v) is 8.65. The van der Waals surface area contributed by atoms with Crippen molar-refractivity contribution in [3.63, 3.8) is 0 Å². The zero-order valence-corrected chi connectivity index (χ0v) is 22.9. The minimum atomic E-state index is -0.482. The highest BCUT2D eigenvalue weighted by molar-refractivity contribution is 5.95. The van der Waals surface area contributed by atoms with Gasteiger partial charge in [0, 0.05) is 16.7 Å². The van der Waals surface area contributed by atoms with E-state index in [2.05, 4.69) is 89.9 Å². The van der Waals surface area contributed by atoms with E-state index in [9.17, 15) is 0 Å². The number of benzene rings is 6. The summed E-state index contributed by atoms with van der Waals surface area (Å²) in [6.45, 7) is 0. The van der Waals surface area contributed by atoms with Gasteiger partial charge in [0.1, 0.15) is 0 Å². The van der Waals surface area contributed by atoms with E-state index in [0.29, 0.717) is 11.6 Å². The van der Waals surface area contributed by atoms with Crippen LogP contribution in [0, 0.1) is 0 Å². The molecule has 9 rings (SSSR count). The lowest BCUT2D eigenvalue weighted by Gasteiger charge is -2.30. The molecule has 0 atom stereocenters. The number of hydrogen-bond donors (Lipinski definition) is 0. The first kappa shape index (κ1) is 19.5. The fourth-order valence-corrected chi connectivity index (χ4v) is 6.93. The van der Waals surface area contributed by atoms with E-state index >= 15 is 0 Å². The van der Waals surface area contributed by atoms with Crippen LogP contribution in [0.25, 0.3) is 56.4 Å². The summed E-state index contributed by atoms with van der Waals surface area (Å²) in [5, 5.41) is 0. The van der Waals surface area contributed by atoms with Gasteiger partial charge in [0.25, 0.3) is 0 Å². The standard InChI is InChI=1S/C40H25N3/c1-3-13-26(14-4-1)37-41-38(27-15-5-2-6-16-27)43-39(42-37)28-23-24-36-32(25-28)31-19-9-12-22-35(31)40(36)33-20-10-7-17-29(33)30-18-8-11-21-34(30)40/h1-25H/i1D,3D,4D,13D,14D. The van der Waals surface area contributed by atoms with Crippen molar-refractivity contribution in [1.82, 2.24) is 15.0 Å². The molecule has 1 heterocycles. The Hall–Kier alpha value is -5.67. The molecule has 7 aromatic rings. The molecule has 1 spiro atoms. The lowest BCUT2D eigenvalue weighted by atomic mass is 9.70. The molecule has 0 aliphatic heterocycles. The van der Waals surface area contributed by atoms with Gasteiger partial charge in [0.15, 0.2) is 17.5 Å². The third kappa shape index (κ3) is 3.39. The summed E-state index contributed by atoms with van der Waals surface area (Å²) in [7, 11) is 0. The largest absolute Gasteiger partial charge is 0.208 e. The Morgan fingerprint density at radius 3 is 1.47 bits per heavy atom. The van der Waals surface area contributed by atoms with Crippen LogP contribution < -0.4 is 0 Å². The van der Waals surface area contributed by atoms with Crippen molar-refractivity contribution in [3.8, 4) is 56.4 Å². The van der Waals surface area contributed by atoms with Crippen molar-refractivity contribution in [3.05, 3.63) is 174 Å². The van der Waals surface area contributed by atoms with Gasteiger partial charge in [-0.1, -0.05) is 145 Å². The second-order valence-electron chi connectivity index (χ2n) is 10.8. The number of nitrogens with zero attached hydrogens (tertiary/aromatic N) is 3. The molecular formula is C40H25N3. The van der Waals surface area contributed by atoms with Gasteiger partial charge in [-0.3, -0.25) is 0 Å². The summed E-state index contributed by atoms with van der Waals surface area (Å²) < 4.78 is 41.9. The normalized spacial score (nSPS) is 14.9. The summed E-state index contributed by atoms with van der Waals surface area (Å²) in [6, 6.07) is 39.5. The Kier molecular flexibility index (Phi) is 4.15. The Bertz CT molecular complexity index is 2400. The average molecular weight is 553 g/mol. The second-order valence-corrected chi connectivity index (χ2v) is 10.8. The molecule has 3 nitrogen and oxygen atoms in total. The molecule has 0 saturated carbocycles. The summed E-state index contributed by atoms with van der Waals surface area (Å²) in [5.74, 6) is 0.712. The molecule has 0 saturated heterocycles. The first-order valence-corrected chi connectivity index (χ1v) is 14.2. The number of hydrogen-bond acceptors (Lipinski definition) is 3. The van der Waals surface area contributed by atoms with Crippen molar-refractivity contribution in [2.75, 3.05) is 0 Å². The summed E-state index contributed by atoms with van der Waals surface area (Å²) in [5.41, 5.74) is 10.5. The number of fused-ring (bicyclic) bond motifs is 10. The minimum Gasteiger partial charge on any atom is -0.208 e. The van der Waals surface area contributed by atoms with Gasteiger partial charge in [0.2, 0.25) is 0 Å². The quantitative estimate of drug-likeness (QED) is 0.219. The van der Waals surface area contributed by atoms with Crippen molar-refractivity contribution in [2.24, 2.45) is 0 Å². The van der Waals surface area contributed by atoms with Crippen LogP contribution in [0.4, 0.5) is 0 Å². The van der Waals surface area contributed by atoms with Crippen LogP contribution in [0.15, 0.2) is 152 Å². The molecule has 2 aliphatic rings. The summed E-state index contributed by atoms with van der Waals surface area (Å²) in [6.07, 6.45) is 0.